The van der Waals surface area contributed by atoms with Crippen molar-refractivity contribution in [2.24, 2.45) is 5.41 Å². The van der Waals surface area contributed by atoms with Gasteiger partial charge in [-0.3, -0.25) is 14.5 Å². The number of carboxylic acid groups (broad SMARTS) is 1. The molecular formula is C16H22N2O3. The molecule has 0 bridgehead atoms. The van der Waals surface area contributed by atoms with Crippen molar-refractivity contribution >= 4 is 11.9 Å². The van der Waals surface area contributed by atoms with Gasteiger partial charge in [0.05, 0.1) is 0 Å². The van der Waals surface area contributed by atoms with Gasteiger partial charge in [-0.05, 0) is 19.4 Å². The smallest absolute Gasteiger partial charge is 0.318 e. The van der Waals surface area contributed by atoms with E-state index in [0.29, 0.717) is 13.1 Å². The SMILES string of the molecule is CC(C)(C(=O)O)C(=O)N1CCN(Cc2ccccc2)CC1. The zero-order valence-corrected chi connectivity index (χ0v) is 12.6. The molecule has 21 heavy (non-hydrogen) atoms. The Balaban J connectivity index is 1.89. The number of carboxylic acids is 1. The third kappa shape index (κ3) is 3.61. The van der Waals surface area contributed by atoms with Crippen molar-refractivity contribution in [2.75, 3.05) is 26.2 Å². The Bertz CT molecular complexity index is 506. The van der Waals surface area contributed by atoms with Gasteiger partial charge in [0.1, 0.15) is 5.41 Å². The summed E-state index contributed by atoms with van der Waals surface area (Å²) in [5, 5.41) is 9.13. The third-order valence-electron chi connectivity index (χ3n) is 3.98. The van der Waals surface area contributed by atoms with E-state index in [1.807, 2.05) is 18.2 Å². The highest BCUT2D eigenvalue weighted by Gasteiger charge is 2.39. The van der Waals surface area contributed by atoms with E-state index >= 15 is 0 Å². The lowest BCUT2D eigenvalue weighted by molar-refractivity contribution is -0.159. The van der Waals surface area contributed by atoms with Crippen LogP contribution in [-0.2, 0) is 16.1 Å². The number of amides is 1. The van der Waals surface area contributed by atoms with Crippen molar-refractivity contribution in [3.63, 3.8) is 0 Å². The number of carbonyl (C=O) groups is 2. The van der Waals surface area contributed by atoms with Crippen LogP contribution in [0.3, 0.4) is 0 Å². The monoisotopic (exact) mass is 290 g/mol. The van der Waals surface area contributed by atoms with E-state index < -0.39 is 11.4 Å². The summed E-state index contributed by atoms with van der Waals surface area (Å²) < 4.78 is 0. The first-order valence-corrected chi connectivity index (χ1v) is 7.20. The predicted octanol–water partition coefficient (Wildman–Crippen LogP) is 1.44. The standard InChI is InChI=1S/C16H22N2O3/c1-16(2,15(20)21)14(19)18-10-8-17(9-11-18)12-13-6-4-3-5-7-13/h3-7H,8-12H2,1-2H3,(H,20,21). The van der Waals surface area contributed by atoms with Gasteiger partial charge < -0.3 is 10.0 Å². The Morgan fingerprint density at radius 3 is 2.19 bits per heavy atom. The number of carbonyl (C=O) groups excluding carboxylic acids is 1. The summed E-state index contributed by atoms with van der Waals surface area (Å²) in [5.74, 6) is -1.37. The molecule has 0 atom stereocenters. The maximum absolute atomic E-state index is 12.3. The minimum absolute atomic E-state index is 0.297. The molecule has 0 radical (unpaired) electrons. The molecule has 0 aromatic heterocycles. The first-order valence-electron chi connectivity index (χ1n) is 7.20. The van der Waals surface area contributed by atoms with E-state index in [1.54, 1.807) is 4.90 Å². The van der Waals surface area contributed by atoms with E-state index in [4.69, 9.17) is 5.11 Å². The lowest BCUT2D eigenvalue weighted by Crippen LogP contribution is -2.53. The van der Waals surface area contributed by atoms with E-state index in [2.05, 4.69) is 17.0 Å². The van der Waals surface area contributed by atoms with Crippen molar-refractivity contribution in [3.8, 4) is 0 Å². The van der Waals surface area contributed by atoms with Gasteiger partial charge >= 0.3 is 5.97 Å². The molecule has 5 nitrogen and oxygen atoms in total. The van der Waals surface area contributed by atoms with Gasteiger partial charge in [-0.2, -0.15) is 0 Å². The largest absolute Gasteiger partial charge is 0.480 e. The van der Waals surface area contributed by atoms with E-state index in [-0.39, 0.29) is 5.91 Å². The van der Waals surface area contributed by atoms with Gasteiger partial charge in [-0.1, -0.05) is 30.3 Å². The molecule has 1 aromatic carbocycles. The maximum Gasteiger partial charge on any atom is 0.318 e. The summed E-state index contributed by atoms with van der Waals surface area (Å²) >= 11 is 0. The number of hydrogen-bond acceptors (Lipinski definition) is 3. The number of benzene rings is 1. The van der Waals surface area contributed by atoms with Gasteiger partial charge in [0.25, 0.3) is 0 Å². The number of piperazine rings is 1. The van der Waals surface area contributed by atoms with Gasteiger partial charge in [0, 0.05) is 32.7 Å². The van der Waals surface area contributed by atoms with Crippen molar-refractivity contribution in [2.45, 2.75) is 20.4 Å². The molecule has 1 heterocycles. The average molecular weight is 290 g/mol. The second-order valence-electron chi connectivity index (χ2n) is 5.98. The minimum Gasteiger partial charge on any atom is -0.480 e. The van der Waals surface area contributed by atoms with Crippen LogP contribution >= 0.6 is 0 Å². The maximum atomic E-state index is 12.3. The zero-order valence-electron chi connectivity index (χ0n) is 12.6. The van der Waals surface area contributed by atoms with Gasteiger partial charge in [-0.25, -0.2) is 0 Å². The summed E-state index contributed by atoms with van der Waals surface area (Å²) in [5.41, 5.74) is -0.0927. The van der Waals surface area contributed by atoms with Crippen LogP contribution in [0.1, 0.15) is 19.4 Å². The van der Waals surface area contributed by atoms with Gasteiger partial charge in [-0.15, -0.1) is 0 Å². The fraction of sp³-hybridized carbons (Fsp3) is 0.500. The molecule has 1 aliphatic heterocycles. The predicted molar refractivity (Wildman–Crippen MR) is 79.7 cm³/mol. The zero-order chi connectivity index (χ0) is 15.5. The van der Waals surface area contributed by atoms with E-state index in [0.717, 1.165) is 19.6 Å². The third-order valence-corrected chi connectivity index (χ3v) is 3.98. The van der Waals surface area contributed by atoms with Crippen molar-refractivity contribution in [3.05, 3.63) is 35.9 Å². The number of hydrogen-bond donors (Lipinski definition) is 1. The van der Waals surface area contributed by atoms with Crippen LogP contribution in [-0.4, -0.2) is 53.0 Å². The number of aliphatic carboxylic acids is 1. The van der Waals surface area contributed by atoms with Crippen LogP contribution < -0.4 is 0 Å². The first kappa shape index (κ1) is 15.5. The van der Waals surface area contributed by atoms with Crippen LogP contribution in [0.4, 0.5) is 0 Å². The first-order chi connectivity index (χ1) is 9.91. The van der Waals surface area contributed by atoms with Crippen LogP contribution in [0.25, 0.3) is 0 Å². The Hall–Kier alpha value is -1.88. The molecule has 1 aromatic rings. The Morgan fingerprint density at radius 2 is 1.67 bits per heavy atom. The lowest BCUT2D eigenvalue weighted by atomic mass is 9.91. The van der Waals surface area contributed by atoms with Crippen molar-refractivity contribution in [1.82, 2.24) is 9.80 Å². The summed E-state index contributed by atoms with van der Waals surface area (Å²) in [4.78, 5) is 27.4. The summed E-state index contributed by atoms with van der Waals surface area (Å²) in [6.45, 7) is 6.52. The Labute approximate surface area is 125 Å². The lowest BCUT2D eigenvalue weighted by Gasteiger charge is -2.37. The molecule has 5 heteroatoms. The van der Waals surface area contributed by atoms with Crippen LogP contribution in [0.5, 0.6) is 0 Å². The molecule has 1 saturated heterocycles. The van der Waals surface area contributed by atoms with Crippen molar-refractivity contribution in [1.29, 1.82) is 0 Å². The van der Waals surface area contributed by atoms with Gasteiger partial charge in [0.15, 0.2) is 0 Å². The molecule has 0 unspecified atom stereocenters. The highest BCUT2D eigenvalue weighted by molar-refractivity contribution is 6.01. The minimum atomic E-state index is -1.35. The average Bonchev–Trinajstić information content (AvgIpc) is 2.48. The molecule has 2 rings (SSSR count). The molecule has 1 N–H and O–H groups in total. The van der Waals surface area contributed by atoms with E-state index in [9.17, 15) is 9.59 Å². The van der Waals surface area contributed by atoms with Gasteiger partial charge in [0.2, 0.25) is 5.91 Å². The highest BCUT2D eigenvalue weighted by Crippen LogP contribution is 2.20. The summed E-state index contributed by atoms with van der Waals surface area (Å²) in [6.07, 6.45) is 0. The Morgan fingerprint density at radius 1 is 1.10 bits per heavy atom. The number of rotatable bonds is 4. The fourth-order valence-corrected chi connectivity index (χ4v) is 2.44. The Kier molecular flexibility index (Phi) is 4.63. The second-order valence-corrected chi connectivity index (χ2v) is 5.98. The van der Waals surface area contributed by atoms with Crippen LogP contribution in [0.2, 0.25) is 0 Å². The second kappa shape index (κ2) is 6.26. The molecule has 1 fully saturated rings. The summed E-state index contributed by atoms with van der Waals surface area (Å²) in [6, 6.07) is 10.2. The molecule has 0 saturated carbocycles. The van der Waals surface area contributed by atoms with Crippen LogP contribution in [0.15, 0.2) is 30.3 Å². The highest BCUT2D eigenvalue weighted by atomic mass is 16.4. The topological polar surface area (TPSA) is 60.9 Å². The van der Waals surface area contributed by atoms with E-state index in [1.165, 1.54) is 19.4 Å². The fourth-order valence-electron chi connectivity index (χ4n) is 2.44. The molecule has 0 aliphatic carbocycles. The molecular weight excluding hydrogens is 268 g/mol. The van der Waals surface area contributed by atoms with Crippen LogP contribution in [0, 0.1) is 5.41 Å². The summed E-state index contributed by atoms with van der Waals surface area (Å²) in [7, 11) is 0. The molecule has 1 aliphatic rings. The molecule has 0 spiro atoms. The van der Waals surface area contributed by atoms with Crippen molar-refractivity contribution < 1.29 is 14.7 Å². The quantitative estimate of drug-likeness (QED) is 0.853. The molecule has 1 amide bonds. The molecule has 114 valence electrons. The normalized spacial score (nSPS) is 16.8. The number of nitrogens with zero attached hydrogens (tertiary/aromatic N) is 2.